The topological polar surface area (TPSA) is 43.5 Å². The molecular formula is C32H41N2O2+. The van der Waals surface area contributed by atoms with Gasteiger partial charge in [0.05, 0.1) is 5.41 Å². The highest BCUT2D eigenvalue weighted by atomic mass is 16.4. The molecule has 2 aliphatic rings. The molecular weight excluding hydrogens is 444 g/mol. The summed E-state index contributed by atoms with van der Waals surface area (Å²) in [4.78, 5) is 13.3. The minimum atomic E-state index is -0.708. The molecule has 4 nitrogen and oxygen atoms in total. The summed E-state index contributed by atoms with van der Waals surface area (Å²) in [5.74, 6) is -0.708. The second-order valence-corrected chi connectivity index (χ2v) is 11.1. The smallest absolute Gasteiger partial charge is 0.303 e. The van der Waals surface area contributed by atoms with Gasteiger partial charge in [0.1, 0.15) is 6.54 Å². The van der Waals surface area contributed by atoms with Gasteiger partial charge in [0, 0.05) is 53.9 Å². The number of rotatable bonds is 10. The summed E-state index contributed by atoms with van der Waals surface area (Å²) in [5, 5.41) is 8.97. The number of anilines is 1. The van der Waals surface area contributed by atoms with Gasteiger partial charge in [-0.15, -0.1) is 0 Å². The average molecular weight is 486 g/mol. The van der Waals surface area contributed by atoms with Crippen LogP contribution in [0.3, 0.4) is 0 Å². The number of unbranched alkanes of at least 4 members (excludes halogenated alkanes) is 2. The third-order valence-corrected chi connectivity index (χ3v) is 7.83. The van der Waals surface area contributed by atoms with Crippen molar-refractivity contribution in [2.24, 2.45) is 0 Å². The van der Waals surface area contributed by atoms with Crippen molar-refractivity contribution < 1.29 is 14.5 Å². The minimum Gasteiger partial charge on any atom is -0.481 e. The molecule has 0 amide bonds. The fourth-order valence-corrected chi connectivity index (χ4v) is 5.94. The number of nitrogens with zero attached hydrogens (tertiary/aromatic N) is 2. The summed E-state index contributed by atoms with van der Waals surface area (Å²) >= 11 is 0. The van der Waals surface area contributed by atoms with Gasteiger partial charge in [0.15, 0.2) is 5.71 Å². The molecule has 190 valence electrons. The molecule has 0 radical (unpaired) electrons. The van der Waals surface area contributed by atoms with Gasteiger partial charge < -0.3 is 10.0 Å². The van der Waals surface area contributed by atoms with Gasteiger partial charge in [-0.2, -0.15) is 4.58 Å². The van der Waals surface area contributed by atoms with Crippen molar-refractivity contribution in [2.45, 2.75) is 77.6 Å². The molecule has 2 aromatic carbocycles. The fraction of sp³-hybridized carbons (Fsp3) is 0.438. The molecule has 0 aromatic heterocycles. The second kappa shape index (κ2) is 10.5. The summed E-state index contributed by atoms with van der Waals surface area (Å²) < 4.78 is 2.49. The van der Waals surface area contributed by atoms with Crippen LogP contribution in [0.15, 0.2) is 72.5 Å². The van der Waals surface area contributed by atoms with Gasteiger partial charge in [-0.25, -0.2) is 0 Å². The molecule has 0 atom stereocenters. The van der Waals surface area contributed by atoms with Crippen molar-refractivity contribution in [3.05, 3.63) is 83.6 Å². The van der Waals surface area contributed by atoms with Crippen LogP contribution < -0.4 is 4.90 Å². The highest BCUT2D eigenvalue weighted by molar-refractivity contribution is 6.03. The summed E-state index contributed by atoms with van der Waals surface area (Å²) in [6.45, 7) is 13.4. The zero-order valence-corrected chi connectivity index (χ0v) is 22.6. The number of hydrogen-bond acceptors (Lipinski definition) is 2. The van der Waals surface area contributed by atoms with Crippen LogP contribution in [0.2, 0.25) is 0 Å². The van der Waals surface area contributed by atoms with Gasteiger partial charge in [-0.3, -0.25) is 4.79 Å². The number of allylic oxidation sites excluding steroid dienone is 4. The zero-order valence-electron chi connectivity index (χ0n) is 22.6. The normalized spacial score (nSPS) is 18.8. The maximum absolute atomic E-state index is 10.9. The Morgan fingerprint density at radius 2 is 1.64 bits per heavy atom. The zero-order chi connectivity index (χ0) is 25.9. The Morgan fingerprint density at radius 1 is 0.944 bits per heavy atom. The van der Waals surface area contributed by atoms with Crippen LogP contribution in [0.1, 0.15) is 77.8 Å². The molecule has 2 aliphatic heterocycles. The Labute approximate surface area is 216 Å². The number of carbonyl (C=O) groups is 1. The molecule has 0 fully saturated rings. The Kier molecular flexibility index (Phi) is 7.54. The predicted molar refractivity (Wildman–Crippen MR) is 150 cm³/mol. The van der Waals surface area contributed by atoms with Crippen LogP contribution in [0.4, 0.5) is 11.4 Å². The molecule has 0 unspecified atom stereocenters. The molecule has 0 spiro atoms. The van der Waals surface area contributed by atoms with E-state index in [-0.39, 0.29) is 17.3 Å². The summed E-state index contributed by atoms with van der Waals surface area (Å²) in [6, 6.07) is 17.5. The lowest BCUT2D eigenvalue weighted by Gasteiger charge is -2.27. The van der Waals surface area contributed by atoms with E-state index in [0.717, 1.165) is 38.8 Å². The highest BCUT2D eigenvalue weighted by Crippen LogP contribution is 2.47. The van der Waals surface area contributed by atoms with E-state index in [4.69, 9.17) is 5.11 Å². The molecule has 0 saturated heterocycles. The Morgan fingerprint density at radius 3 is 2.36 bits per heavy atom. The molecule has 36 heavy (non-hydrogen) atoms. The monoisotopic (exact) mass is 485 g/mol. The first kappa shape index (κ1) is 25.9. The van der Waals surface area contributed by atoms with Crippen LogP contribution in [0.5, 0.6) is 0 Å². The number of carboxylic acids is 1. The van der Waals surface area contributed by atoms with Crippen molar-refractivity contribution in [3.63, 3.8) is 0 Å². The van der Waals surface area contributed by atoms with Crippen LogP contribution in [-0.2, 0) is 15.6 Å². The van der Waals surface area contributed by atoms with Gasteiger partial charge in [-0.1, -0.05) is 69.7 Å². The predicted octanol–water partition coefficient (Wildman–Crippen LogP) is 7.36. The molecule has 4 heteroatoms. The van der Waals surface area contributed by atoms with Crippen molar-refractivity contribution in [2.75, 3.05) is 18.0 Å². The summed E-state index contributed by atoms with van der Waals surface area (Å²) in [6.07, 6.45) is 10.8. The summed E-state index contributed by atoms with van der Waals surface area (Å²) in [7, 11) is 0. The number of aliphatic carboxylic acids is 1. The Balaban J connectivity index is 1.64. The van der Waals surface area contributed by atoms with Gasteiger partial charge >= 0.3 is 5.97 Å². The van der Waals surface area contributed by atoms with Crippen LogP contribution in [-0.4, -0.2) is 34.5 Å². The highest BCUT2D eigenvalue weighted by Gasteiger charge is 2.44. The molecule has 1 N–H and O–H groups in total. The lowest BCUT2D eigenvalue weighted by atomic mass is 9.81. The van der Waals surface area contributed by atoms with E-state index in [0.29, 0.717) is 0 Å². The average Bonchev–Trinajstić information content (AvgIpc) is 3.19. The van der Waals surface area contributed by atoms with E-state index in [1.807, 2.05) is 0 Å². The van der Waals surface area contributed by atoms with Gasteiger partial charge in [-0.05, 0) is 44.4 Å². The van der Waals surface area contributed by atoms with Gasteiger partial charge in [0.2, 0.25) is 5.69 Å². The SMILES string of the molecule is CCC[N+]1=C(C=CC=C2N(CCCCCC(=O)O)c3ccccc3C2(C)C)C(C)(C)c2ccccc21. The first-order chi connectivity index (χ1) is 17.2. The Bertz CT molecular complexity index is 1220. The molecule has 0 aliphatic carbocycles. The van der Waals surface area contributed by atoms with E-state index < -0.39 is 5.97 Å². The maximum atomic E-state index is 10.9. The van der Waals surface area contributed by atoms with Crippen molar-refractivity contribution in [1.82, 2.24) is 0 Å². The molecule has 2 heterocycles. The number of carboxylic acid groups (broad SMARTS) is 1. The van der Waals surface area contributed by atoms with Gasteiger partial charge in [0.25, 0.3) is 0 Å². The van der Waals surface area contributed by atoms with Crippen molar-refractivity contribution in [1.29, 1.82) is 0 Å². The van der Waals surface area contributed by atoms with Crippen molar-refractivity contribution >= 4 is 23.1 Å². The third-order valence-electron chi connectivity index (χ3n) is 7.83. The first-order valence-corrected chi connectivity index (χ1v) is 13.4. The largest absolute Gasteiger partial charge is 0.481 e. The molecule has 0 saturated carbocycles. The molecule has 4 rings (SSSR count). The van der Waals surface area contributed by atoms with Crippen LogP contribution >= 0.6 is 0 Å². The Hall–Kier alpha value is -3.14. The fourth-order valence-electron chi connectivity index (χ4n) is 5.94. The maximum Gasteiger partial charge on any atom is 0.303 e. The first-order valence-electron chi connectivity index (χ1n) is 13.4. The van der Waals surface area contributed by atoms with E-state index in [1.165, 1.54) is 33.9 Å². The molecule has 0 bridgehead atoms. The van der Waals surface area contributed by atoms with Crippen LogP contribution in [0.25, 0.3) is 0 Å². The van der Waals surface area contributed by atoms with E-state index in [2.05, 4.69) is 111 Å². The molecule has 2 aromatic rings. The number of fused-ring (bicyclic) bond motifs is 2. The minimum absolute atomic E-state index is 0.0429. The number of para-hydroxylation sites is 2. The third kappa shape index (κ3) is 4.78. The van der Waals surface area contributed by atoms with E-state index in [1.54, 1.807) is 0 Å². The van der Waals surface area contributed by atoms with E-state index in [9.17, 15) is 4.79 Å². The number of benzene rings is 2. The van der Waals surface area contributed by atoms with E-state index >= 15 is 0 Å². The lowest BCUT2D eigenvalue weighted by Crippen LogP contribution is -2.28. The quantitative estimate of drug-likeness (QED) is 0.282. The second-order valence-electron chi connectivity index (χ2n) is 11.1. The lowest BCUT2D eigenvalue weighted by molar-refractivity contribution is -0.437. The standard InChI is InChI=1S/C32H40N2O2/c1-6-22-33-26-17-11-9-15-24(26)31(2,3)28(33)19-14-20-29-32(4,5)25-16-10-12-18-27(25)34(29)23-13-7-8-21-30(35)36/h9-12,14-20H,6-8,13,21-23H2,1-5H3/p+1. The van der Waals surface area contributed by atoms with Crippen LogP contribution in [0, 0.1) is 0 Å². The number of hydrogen-bond donors (Lipinski definition) is 1. The summed E-state index contributed by atoms with van der Waals surface area (Å²) in [5.41, 5.74) is 7.85. The van der Waals surface area contributed by atoms with Crippen molar-refractivity contribution in [3.8, 4) is 0 Å².